The van der Waals surface area contributed by atoms with Crippen molar-refractivity contribution in [1.29, 1.82) is 0 Å². The van der Waals surface area contributed by atoms with E-state index in [2.05, 4.69) is 39.4 Å². The molecule has 1 aliphatic carbocycles. The molecular weight excluding hydrogens is 258 g/mol. The van der Waals surface area contributed by atoms with E-state index >= 15 is 0 Å². The van der Waals surface area contributed by atoms with Gasteiger partial charge in [0, 0.05) is 23.9 Å². The standard InChI is InChI=1S/C18H23N3/c1-13-16-8-4-5-9-17(16)18(20-19-13)21-11-10-14-6-2-3-7-15(14)12-21/h4-5,8-9,14-15H,2-3,6-7,10-12H2,1H3. The molecule has 1 aromatic carbocycles. The SMILES string of the molecule is Cc1nnc(N2CCC3CCCCC3C2)c2ccccc12. The molecule has 2 aromatic rings. The topological polar surface area (TPSA) is 29.0 Å². The molecule has 2 atom stereocenters. The minimum Gasteiger partial charge on any atom is -0.354 e. The van der Waals surface area contributed by atoms with Crippen LogP contribution < -0.4 is 4.90 Å². The summed E-state index contributed by atoms with van der Waals surface area (Å²) in [7, 11) is 0. The molecule has 110 valence electrons. The third-order valence-corrected chi connectivity index (χ3v) is 5.44. The lowest BCUT2D eigenvalue weighted by Crippen LogP contribution is -2.42. The fourth-order valence-electron chi connectivity index (χ4n) is 4.25. The van der Waals surface area contributed by atoms with Crippen molar-refractivity contribution in [2.75, 3.05) is 18.0 Å². The molecule has 0 amide bonds. The number of aromatic nitrogens is 2. The highest BCUT2D eigenvalue weighted by Crippen LogP contribution is 2.38. The highest BCUT2D eigenvalue weighted by atomic mass is 15.3. The summed E-state index contributed by atoms with van der Waals surface area (Å²) < 4.78 is 0. The van der Waals surface area contributed by atoms with E-state index in [1.165, 1.54) is 49.4 Å². The second-order valence-electron chi connectivity index (χ2n) is 6.69. The molecule has 3 nitrogen and oxygen atoms in total. The van der Waals surface area contributed by atoms with Crippen molar-refractivity contribution in [2.24, 2.45) is 11.8 Å². The normalized spacial score (nSPS) is 25.9. The zero-order chi connectivity index (χ0) is 14.2. The van der Waals surface area contributed by atoms with Crippen LogP contribution in [0.1, 0.15) is 37.8 Å². The fourth-order valence-corrected chi connectivity index (χ4v) is 4.25. The summed E-state index contributed by atoms with van der Waals surface area (Å²) in [6, 6.07) is 8.56. The van der Waals surface area contributed by atoms with Crippen LogP contribution >= 0.6 is 0 Å². The van der Waals surface area contributed by atoms with E-state index in [0.29, 0.717) is 0 Å². The van der Waals surface area contributed by atoms with Crippen molar-refractivity contribution in [3.05, 3.63) is 30.0 Å². The van der Waals surface area contributed by atoms with E-state index in [1.807, 2.05) is 6.92 Å². The second-order valence-corrected chi connectivity index (χ2v) is 6.69. The Labute approximate surface area is 126 Å². The third kappa shape index (κ3) is 2.29. The first-order valence-corrected chi connectivity index (χ1v) is 8.30. The van der Waals surface area contributed by atoms with Gasteiger partial charge < -0.3 is 4.90 Å². The molecule has 1 aromatic heterocycles. The van der Waals surface area contributed by atoms with Gasteiger partial charge in [-0.15, -0.1) is 5.10 Å². The number of aryl methyl sites for hydroxylation is 1. The predicted octanol–water partition coefficient (Wildman–Crippen LogP) is 3.95. The summed E-state index contributed by atoms with van der Waals surface area (Å²) in [5.41, 5.74) is 1.03. The number of benzene rings is 1. The molecule has 1 saturated heterocycles. The van der Waals surface area contributed by atoms with Gasteiger partial charge >= 0.3 is 0 Å². The Kier molecular flexibility index (Phi) is 3.28. The van der Waals surface area contributed by atoms with Gasteiger partial charge in [-0.1, -0.05) is 43.5 Å². The van der Waals surface area contributed by atoms with Gasteiger partial charge in [-0.2, -0.15) is 5.10 Å². The number of piperidine rings is 1. The number of nitrogens with zero attached hydrogens (tertiary/aromatic N) is 3. The molecular formula is C18H23N3. The van der Waals surface area contributed by atoms with Crippen molar-refractivity contribution in [2.45, 2.75) is 39.0 Å². The molecule has 1 saturated carbocycles. The highest BCUT2D eigenvalue weighted by Gasteiger charge is 2.32. The zero-order valence-electron chi connectivity index (χ0n) is 12.8. The van der Waals surface area contributed by atoms with E-state index in [0.717, 1.165) is 29.9 Å². The molecule has 0 bridgehead atoms. The van der Waals surface area contributed by atoms with Gasteiger partial charge in [-0.25, -0.2) is 0 Å². The Hall–Kier alpha value is -1.64. The van der Waals surface area contributed by atoms with E-state index < -0.39 is 0 Å². The molecule has 0 radical (unpaired) electrons. The maximum absolute atomic E-state index is 4.54. The summed E-state index contributed by atoms with van der Waals surface area (Å²) in [4.78, 5) is 2.49. The van der Waals surface area contributed by atoms with Crippen LogP contribution in [0.15, 0.2) is 24.3 Å². The van der Waals surface area contributed by atoms with Gasteiger partial charge in [0.15, 0.2) is 5.82 Å². The van der Waals surface area contributed by atoms with Crippen molar-refractivity contribution < 1.29 is 0 Å². The van der Waals surface area contributed by atoms with Gasteiger partial charge in [0.2, 0.25) is 0 Å². The fraction of sp³-hybridized carbons (Fsp3) is 0.556. The lowest BCUT2D eigenvalue weighted by molar-refractivity contribution is 0.202. The van der Waals surface area contributed by atoms with E-state index in [4.69, 9.17) is 0 Å². The molecule has 1 aliphatic heterocycles. The maximum atomic E-state index is 4.54. The number of fused-ring (bicyclic) bond motifs is 2. The number of anilines is 1. The Morgan fingerprint density at radius 3 is 2.57 bits per heavy atom. The molecule has 2 fully saturated rings. The molecule has 0 N–H and O–H groups in total. The lowest BCUT2D eigenvalue weighted by atomic mass is 9.75. The van der Waals surface area contributed by atoms with Crippen LogP contribution in [0.4, 0.5) is 5.82 Å². The molecule has 2 unspecified atom stereocenters. The van der Waals surface area contributed by atoms with Crippen molar-refractivity contribution >= 4 is 16.6 Å². The highest BCUT2D eigenvalue weighted by molar-refractivity contribution is 5.93. The smallest absolute Gasteiger partial charge is 0.159 e. The first kappa shape index (κ1) is 13.1. The quantitative estimate of drug-likeness (QED) is 0.792. The van der Waals surface area contributed by atoms with Gasteiger partial charge in [-0.05, 0) is 31.6 Å². The molecule has 4 rings (SSSR count). The Bertz CT molecular complexity index is 652. The molecule has 0 spiro atoms. The summed E-state index contributed by atoms with van der Waals surface area (Å²) in [5.74, 6) is 2.93. The van der Waals surface area contributed by atoms with Crippen molar-refractivity contribution in [3.8, 4) is 0 Å². The van der Waals surface area contributed by atoms with Crippen LogP contribution in [0.5, 0.6) is 0 Å². The average Bonchev–Trinajstić information content (AvgIpc) is 2.55. The van der Waals surface area contributed by atoms with Crippen LogP contribution in [-0.2, 0) is 0 Å². The first-order chi connectivity index (χ1) is 10.3. The molecule has 21 heavy (non-hydrogen) atoms. The van der Waals surface area contributed by atoms with Gasteiger partial charge in [0.1, 0.15) is 0 Å². The average molecular weight is 281 g/mol. The Morgan fingerprint density at radius 2 is 1.71 bits per heavy atom. The molecule has 3 heteroatoms. The van der Waals surface area contributed by atoms with Gasteiger partial charge in [0.25, 0.3) is 0 Å². The lowest BCUT2D eigenvalue weighted by Gasteiger charge is -2.41. The summed E-state index contributed by atoms with van der Waals surface area (Å²) in [6.45, 7) is 4.36. The van der Waals surface area contributed by atoms with Crippen LogP contribution in [0, 0.1) is 18.8 Å². The van der Waals surface area contributed by atoms with Crippen LogP contribution in [0.25, 0.3) is 10.8 Å². The molecule has 2 heterocycles. The summed E-state index contributed by atoms with van der Waals surface area (Å²) in [6.07, 6.45) is 7.02. The Morgan fingerprint density at radius 1 is 0.952 bits per heavy atom. The minimum atomic E-state index is 0.870. The number of hydrogen-bond acceptors (Lipinski definition) is 3. The van der Waals surface area contributed by atoms with Gasteiger partial charge in [0.05, 0.1) is 5.69 Å². The number of hydrogen-bond donors (Lipinski definition) is 0. The predicted molar refractivity (Wildman–Crippen MR) is 86.6 cm³/mol. The van der Waals surface area contributed by atoms with Crippen LogP contribution in [0.2, 0.25) is 0 Å². The monoisotopic (exact) mass is 281 g/mol. The van der Waals surface area contributed by atoms with E-state index in [-0.39, 0.29) is 0 Å². The molecule has 2 aliphatic rings. The largest absolute Gasteiger partial charge is 0.354 e. The minimum absolute atomic E-state index is 0.870. The first-order valence-electron chi connectivity index (χ1n) is 8.30. The number of rotatable bonds is 1. The van der Waals surface area contributed by atoms with Gasteiger partial charge in [-0.3, -0.25) is 0 Å². The Balaban J connectivity index is 1.69. The van der Waals surface area contributed by atoms with Crippen molar-refractivity contribution in [3.63, 3.8) is 0 Å². The second kappa shape index (κ2) is 5.28. The zero-order valence-corrected chi connectivity index (χ0v) is 12.8. The van der Waals surface area contributed by atoms with Crippen LogP contribution in [0.3, 0.4) is 0 Å². The van der Waals surface area contributed by atoms with Crippen LogP contribution in [-0.4, -0.2) is 23.3 Å². The van der Waals surface area contributed by atoms with E-state index in [9.17, 15) is 0 Å². The summed E-state index contributed by atoms with van der Waals surface area (Å²) >= 11 is 0. The summed E-state index contributed by atoms with van der Waals surface area (Å²) in [5, 5.41) is 11.4. The van der Waals surface area contributed by atoms with E-state index in [1.54, 1.807) is 0 Å². The third-order valence-electron chi connectivity index (χ3n) is 5.44. The van der Waals surface area contributed by atoms with Crippen molar-refractivity contribution in [1.82, 2.24) is 10.2 Å². The maximum Gasteiger partial charge on any atom is 0.159 e.